The fraction of sp³-hybridized carbons (Fsp3) is 0.545. The lowest BCUT2D eigenvalue weighted by atomic mass is 10.1. The molecule has 0 saturated carbocycles. The fourth-order valence-electron chi connectivity index (χ4n) is 1.19. The van der Waals surface area contributed by atoms with Gasteiger partial charge in [0.25, 0.3) is 5.91 Å². The first-order chi connectivity index (χ1) is 8.08. The van der Waals surface area contributed by atoms with E-state index in [0.29, 0.717) is 5.82 Å². The van der Waals surface area contributed by atoms with Gasteiger partial charge in [-0.05, 0) is 25.0 Å². The first-order valence-corrected chi connectivity index (χ1v) is 5.51. The van der Waals surface area contributed by atoms with Crippen LogP contribution in [0.25, 0.3) is 0 Å². The van der Waals surface area contributed by atoms with Crippen molar-refractivity contribution in [3.8, 4) is 0 Å². The summed E-state index contributed by atoms with van der Waals surface area (Å²) in [4.78, 5) is 11.2. The minimum atomic E-state index is -0.263. The van der Waals surface area contributed by atoms with Crippen molar-refractivity contribution in [1.29, 1.82) is 0 Å². The molecule has 2 unspecified atom stereocenters. The number of nitrogens with one attached hydrogen (secondary N) is 2. The third-order valence-corrected chi connectivity index (χ3v) is 2.64. The smallest absolute Gasteiger partial charge is 0.271 e. The van der Waals surface area contributed by atoms with Gasteiger partial charge in [-0.1, -0.05) is 6.92 Å². The maximum absolute atomic E-state index is 11.2. The predicted octanol–water partition coefficient (Wildman–Crippen LogP) is 0.265. The molecule has 0 fully saturated rings. The van der Waals surface area contributed by atoms with Crippen LogP contribution in [-0.2, 0) is 0 Å². The van der Waals surface area contributed by atoms with Gasteiger partial charge < -0.3 is 15.7 Å². The van der Waals surface area contributed by atoms with Crippen LogP contribution in [0.1, 0.15) is 24.3 Å². The number of hydrogen-bond acceptors (Lipinski definition) is 5. The molecular formula is C11H18N4O2. The molecule has 0 aliphatic rings. The third kappa shape index (κ3) is 3.67. The molecule has 3 N–H and O–H groups in total. The number of aliphatic hydroxyl groups excluding tert-OH is 1. The van der Waals surface area contributed by atoms with Crippen LogP contribution in [0.2, 0.25) is 0 Å². The van der Waals surface area contributed by atoms with Crippen molar-refractivity contribution >= 4 is 11.7 Å². The van der Waals surface area contributed by atoms with E-state index in [4.69, 9.17) is 5.11 Å². The van der Waals surface area contributed by atoms with Crippen molar-refractivity contribution in [3.63, 3.8) is 0 Å². The van der Waals surface area contributed by atoms with Gasteiger partial charge in [0.1, 0.15) is 5.82 Å². The van der Waals surface area contributed by atoms with Crippen LogP contribution in [-0.4, -0.2) is 40.9 Å². The SMILES string of the molecule is CNC(=O)c1ccc(NC(C)C(C)CO)nn1. The van der Waals surface area contributed by atoms with Crippen LogP contribution in [0.3, 0.4) is 0 Å². The standard InChI is InChI=1S/C11H18N4O2/c1-7(6-16)8(2)13-10-5-4-9(14-15-10)11(17)12-3/h4-5,7-8,16H,6H2,1-3H3,(H,12,17)(H,13,15). The summed E-state index contributed by atoms with van der Waals surface area (Å²) in [5.74, 6) is 0.446. The number of aliphatic hydroxyl groups is 1. The molecular weight excluding hydrogens is 220 g/mol. The first kappa shape index (κ1) is 13.4. The van der Waals surface area contributed by atoms with Gasteiger partial charge in [-0.25, -0.2) is 0 Å². The summed E-state index contributed by atoms with van der Waals surface area (Å²) >= 11 is 0. The topological polar surface area (TPSA) is 87.1 Å². The van der Waals surface area contributed by atoms with Crippen LogP contribution in [0.15, 0.2) is 12.1 Å². The van der Waals surface area contributed by atoms with Gasteiger partial charge in [-0.2, -0.15) is 0 Å². The van der Waals surface area contributed by atoms with E-state index in [0.717, 1.165) is 0 Å². The molecule has 6 heteroatoms. The van der Waals surface area contributed by atoms with Crippen molar-refractivity contribution < 1.29 is 9.90 Å². The average molecular weight is 238 g/mol. The normalized spacial score (nSPS) is 13.9. The van der Waals surface area contributed by atoms with E-state index in [1.165, 1.54) is 0 Å². The van der Waals surface area contributed by atoms with Crippen molar-refractivity contribution in [1.82, 2.24) is 15.5 Å². The number of hydrogen-bond donors (Lipinski definition) is 3. The van der Waals surface area contributed by atoms with Gasteiger partial charge in [-0.15, -0.1) is 10.2 Å². The highest BCUT2D eigenvalue weighted by Gasteiger charge is 2.12. The number of carbonyl (C=O) groups is 1. The van der Waals surface area contributed by atoms with Crippen LogP contribution < -0.4 is 10.6 Å². The summed E-state index contributed by atoms with van der Waals surface area (Å²) in [6, 6.07) is 3.38. The second-order valence-electron chi connectivity index (χ2n) is 3.98. The Labute approximate surface area is 100 Å². The average Bonchev–Trinajstić information content (AvgIpc) is 2.37. The van der Waals surface area contributed by atoms with Gasteiger partial charge >= 0.3 is 0 Å². The largest absolute Gasteiger partial charge is 0.396 e. The molecule has 17 heavy (non-hydrogen) atoms. The Morgan fingerprint density at radius 1 is 1.41 bits per heavy atom. The van der Waals surface area contributed by atoms with E-state index >= 15 is 0 Å². The molecule has 1 amide bonds. The molecule has 1 aromatic rings. The van der Waals surface area contributed by atoms with E-state index < -0.39 is 0 Å². The van der Waals surface area contributed by atoms with Gasteiger partial charge in [0, 0.05) is 19.7 Å². The Morgan fingerprint density at radius 3 is 2.59 bits per heavy atom. The summed E-state index contributed by atoms with van der Waals surface area (Å²) in [6.07, 6.45) is 0. The predicted molar refractivity (Wildman–Crippen MR) is 64.8 cm³/mol. The Morgan fingerprint density at radius 2 is 2.12 bits per heavy atom. The van der Waals surface area contributed by atoms with E-state index in [1.807, 2.05) is 13.8 Å². The summed E-state index contributed by atoms with van der Waals surface area (Å²) in [5, 5.41) is 22.3. The highest BCUT2D eigenvalue weighted by atomic mass is 16.3. The molecule has 0 bridgehead atoms. The number of anilines is 1. The molecule has 94 valence electrons. The summed E-state index contributed by atoms with van der Waals surface area (Å²) in [6.45, 7) is 4.00. The molecule has 0 saturated heterocycles. The van der Waals surface area contributed by atoms with E-state index in [-0.39, 0.29) is 30.2 Å². The maximum atomic E-state index is 11.2. The maximum Gasteiger partial charge on any atom is 0.271 e. The van der Waals surface area contributed by atoms with Crippen molar-refractivity contribution in [2.24, 2.45) is 5.92 Å². The fourth-order valence-corrected chi connectivity index (χ4v) is 1.19. The van der Waals surface area contributed by atoms with Gasteiger partial charge in [0.05, 0.1) is 0 Å². The van der Waals surface area contributed by atoms with Gasteiger partial charge in [0.15, 0.2) is 5.69 Å². The summed E-state index contributed by atoms with van der Waals surface area (Å²) in [5.41, 5.74) is 0.279. The van der Waals surface area contributed by atoms with Crippen molar-refractivity contribution in [3.05, 3.63) is 17.8 Å². The molecule has 0 aromatic carbocycles. The zero-order valence-electron chi connectivity index (χ0n) is 10.3. The van der Waals surface area contributed by atoms with Crippen molar-refractivity contribution in [2.45, 2.75) is 19.9 Å². The number of nitrogens with zero attached hydrogens (tertiary/aromatic N) is 2. The molecule has 1 aromatic heterocycles. The van der Waals surface area contributed by atoms with Crippen LogP contribution in [0.5, 0.6) is 0 Å². The zero-order chi connectivity index (χ0) is 12.8. The molecule has 1 heterocycles. The number of amides is 1. The molecule has 0 radical (unpaired) electrons. The molecule has 2 atom stereocenters. The quantitative estimate of drug-likeness (QED) is 0.685. The lowest BCUT2D eigenvalue weighted by Crippen LogP contribution is -2.27. The monoisotopic (exact) mass is 238 g/mol. The van der Waals surface area contributed by atoms with E-state index in [1.54, 1.807) is 19.2 Å². The minimum Gasteiger partial charge on any atom is -0.396 e. The lowest BCUT2D eigenvalue weighted by Gasteiger charge is -2.19. The highest BCUT2D eigenvalue weighted by molar-refractivity contribution is 5.91. The Balaban J connectivity index is 2.65. The molecule has 0 aliphatic heterocycles. The van der Waals surface area contributed by atoms with Crippen LogP contribution >= 0.6 is 0 Å². The summed E-state index contributed by atoms with van der Waals surface area (Å²) < 4.78 is 0. The highest BCUT2D eigenvalue weighted by Crippen LogP contribution is 2.09. The minimum absolute atomic E-state index is 0.0835. The van der Waals surface area contributed by atoms with Crippen molar-refractivity contribution in [2.75, 3.05) is 19.0 Å². The molecule has 1 rings (SSSR count). The Hall–Kier alpha value is -1.69. The second kappa shape index (κ2) is 6.15. The number of carbonyl (C=O) groups excluding carboxylic acids is 1. The van der Waals surface area contributed by atoms with Crippen LogP contribution in [0, 0.1) is 5.92 Å². The Bertz CT molecular complexity index is 366. The third-order valence-electron chi connectivity index (χ3n) is 2.64. The lowest BCUT2D eigenvalue weighted by molar-refractivity contribution is 0.0957. The van der Waals surface area contributed by atoms with Gasteiger partial charge in [0.2, 0.25) is 0 Å². The zero-order valence-corrected chi connectivity index (χ0v) is 10.3. The summed E-state index contributed by atoms with van der Waals surface area (Å²) in [7, 11) is 1.54. The Kier molecular flexibility index (Phi) is 4.84. The second-order valence-corrected chi connectivity index (χ2v) is 3.98. The molecule has 0 aliphatic carbocycles. The molecule has 0 spiro atoms. The van der Waals surface area contributed by atoms with E-state index in [9.17, 15) is 4.79 Å². The first-order valence-electron chi connectivity index (χ1n) is 5.51. The van der Waals surface area contributed by atoms with Crippen LogP contribution in [0.4, 0.5) is 5.82 Å². The molecule has 6 nitrogen and oxygen atoms in total. The number of rotatable bonds is 5. The van der Waals surface area contributed by atoms with E-state index in [2.05, 4.69) is 20.8 Å². The van der Waals surface area contributed by atoms with Gasteiger partial charge in [-0.3, -0.25) is 4.79 Å². The number of aromatic nitrogens is 2.